The lowest BCUT2D eigenvalue weighted by molar-refractivity contribution is 0.112. The number of aromatic amines is 1. The van der Waals surface area contributed by atoms with Crippen molar-refractivity contribution >= 4 is 28.8 Å². The molecule has 0 unspecified atom stereocenters. The van der Waals surface area contributed by atoms with Crippen molar-refractivity contribution in [2.75, 3.05) is 0 Å². The zero-order valence-corrected chi connectivity index (χ0v) is 6.93. The quantitative estimate of drug-likeness (QED) is 0.671. The summed E-state index contributed by atoms with van der Waals surface area (Å²) in [7, 11) is 0. The van der Waals surface area contributed by atoms with Gasteiger partial charge in [-0.2, -0.15) is 0 Å². The lowest BCUT2D eigenvalue weighted by atomic mass is 10.2. The molecule has 0 aliphatic rings. The van der Waals surface area contributed by atoms with Crippen LogP contribution >= 0.6 is 11.6 Å². The fraction of sp³-hybridized carbons (Fsp3) is 0. The van der Waals surface area contributed by atoms with Crippen LogP contribution in [0.25, 0.3) is 10.9 Å². The van der Waals surface area contributed by atoms with Gasteiger partial charge in [0.25, 0.3) is 0 Å². The third-order valence-electron chi connectivity index (χ3n) is 1.80. The van der Waals surface area contributed by atoms with Gasteiger partial charge in [0.15, 0.2) is 6.29 Å². The van der Waals surface area contributed by atoms with Gasteiger partial charge in [0.1, 0.15) is 0 Å². The third kappa shape index (κ3) is 1.01. The number of carbonyl (C=O) groups is 1. The van der Waals surface area contributed by atoms with Crippen molar-refractivity contribution in [2.45, 2.75) is 0 Å². The molecule has 1 aromatic carbocycles. The minimum atomic E-state index is 0.497. The van der Waals surface area contributed by atoms with Gasteiger partial charge in [-0.05, 0) is 18.2 Å². The molecular weight excluding hydrogens is 174 g/mol. The number of fused-ring (bicyclic) bond motifs is 1. The van der Waals surface area contributed by atoms with Crippen LogP contribution in [0, 0.1) is 0 Å². The number of hydrogen-bond acceptors (Lipinski definition) is 1. The highest BCUT2D eigenvalue weighted by Crippen LogP contribution is 2.21. The van der Waals surface area contributed by atoms with Gasteiger partial charge >= 0.3 is 0 Å². The molecule has 0 amide bonds. The summed E-state index contributed by atoms with van der Waals surface area (Å²) in [6, 6.07) is 5.43. The van der Waals surface area contributed by atoms with Gasteiger partial charge in [-0.15, -0.1) is 0 Å². The van der Waals surface area contributed by atoms with E-state index in [1.807, 2.05) is 12.3 Å². The standard InChI is InChI=1S/C9H6ClNO/c10-8-3-6-1-2-11-9(6)4-7(8)5-12/h1-5,11H. The maximum atomic E-state index is 10.5. The number of benzene rings is 1. The van der Waals surface area contributed by atoms with Crippen molar-refractivity contribution in [1.29, 1.82) is 0 Å². The van der Waals surface area contributed by atoms with E-state index in [9.17, 15) is 4.79 Å². The number of nitrogens with one attached hydrogen (secondary N) is 1. The second kappa shape index (κ2) is 2.64. The van der Waals surface area contributed by atoms with Crippen LogP contribution in [0.15, 0.2) is 24.4 Å². The zero-order chi connectivity index (χ0) is 8.55. The van der Waals surface area contributed by atoms with Gasteiger partial charge in [-0.1, -0.05) is 11.6 Å². The van der Waals surface area contributed by atoms with E-state index in [0.29, 0.717) is 10.6 Å². The van der Waals surface area contributed by atoms with E-state index in [4.69, 9.17) is 11.6 Å². The monoisotopic (exact) mass is 179 g/mol. The Balaban J connectivity index is 2.81. The number of carbonyl (C=O) groups excluding carboxylic acids is 1. The summed E-state index contributed by atoms with van der Waals surface area (Å²) in [5, 5.41) is 1.52. The van der Waals surface area contributed by atoms with Crippen LogP contribution in [0.1, 0.15) is 10.4 Å². The Morgan fingerprint density at radius 1 is 1.42 bits per heavy atom. The first-order chi connectivity index (χ1) is 5.81. The Labute approximate surface area is 74.2 Å². The minimum Gasteiger partial charge on any atom is -0.361 e. The molecule has 3 heteroatoms. The number of aromatic nitrogens is 1. The predicted octanol–water partition coefficient (Wildman–Crippen LogP) is 2.63. The number of aldehydes is 1. The number of rotatable bonds is 1. The van der Waals surface area contributed by atoms with Crippen LogP contribution in [0.2, 0.25) is 5.02 Å². The molecular formula is C9H6ClNO. The van der Waals surface area contributed by atoms with Gasteiger partial charge in [0, 0.05) is 22.7 Å². The second-order valence-electron chi connectivity index (χ2n) is 2.56. The summed E-state index contributed by atoms with van der Waals surface area (Å²) in [5.74, 6) is 0. The van der Waals surface area contributed by atoms with E-state index in [2.05, 4.69) is 4.98 Å². The van der Waals surface area contributed by atoms with Crippen molar-refractivity contribution < 1.29 is 4.79 Å². The molecule has 0 saturated heterocycles. The molecule has 0 aliphatic heterocycles. The molecule has 12 heavy (non-hydrogen) atoms. The van der Waals surface area contributed by atoms with E-state index < -0.39 is 0 Å². The van der Waals surface area contributed by atoms with E-state index in [0.717, 1.165) is 17.2 Å². The van der Waals surface area contributed by atoms with E-state index >= 15 is 0 Å². The lowest BCUT2D eigenvalue weighted by Gasteiger charge is -1.95. The van der Waals surface area contributed by atoms with Gasteiger partial charge in [-0.3, -0.25) is 4.79 Å². The maximum absolute atomic E-state index is 10.5. The number of H-pyrrole nitrogens is 1. The van der Waals surface area contributed by atoms with Gasteiger partial charge in [0.05, 0.1) is 5.02 Å². The van der Waals surface area contributed by atoms with Crippen molar-refractivity contribution in [3.8, 4) is 0 Å². The van der Waals surface area contributed by atoms with Crippen LogP contribution in [-0.4, -0.2) is 11.3 Å². The molecule has 0 radical (unpaired) electrons. The van der Waals surface area contributed by atoms with E-state index in [1.165, 1.54) is 0 Å². The largest absolute Gasteiger partial charge is 0.361 e. The molecule has 0 atom stereocenters. The molecule has 2 aromatic rings. The van der Waals surface area contributed by atoms with Crippen LogP contribution in [-0.2, 0) is 0 Å². The average Bonchev–Trinajstić information content (AvgIpc) is 2.49. The second-order valence-corrected chi connectivity index (χ2v) is 2.96. The summed E-state index contributed by atoms with van der Waals surface area (Å²) in [4.78, 5) is 13.5. The van der Waals surface area contributed by atoms with Gasteiger partial charge < -0.3 is 4.98 Å². The molecule has 0 fully saturated rings. The maximum Gasteiger partial charge on any atom is 0.151 e. The first-order valence-electron chi connectivity index (χ1n) is 3.53. The highest BCUT2D eigenvalue weighted by atomic mass is 35.5. The first kappa shape index (κ1) is 7.37. The fourth-order valence-corrected chi connectivity index (χ4v) is 1.40. The molecule has 1 N–H and O–H groups in total. The number of hydrogen-bond donors (Lipinski definition) is 1. The molecule has 1 aromatic heterocycles. The molecule has 0 spiro atoms. The Morgan fingerprint density at radius 3 is 3.00 bits per heavy atom. The Morgan fingerprint density at radius 2 is 2.25 bits per heavy atom. The Kier molecular flexibility index (Phi) is 1.62. The van der Waals surface area contributed by atoms with Gasteiger partial charge in [-0.25, -0.2) is 0 Å². The number of halogens is 1. The summed E-state index contributed by atoms with van der Waals surface area (Å²) in [5.41, 5.74) is 1.45. The molecule has 0 bridgehead atoms. The average molecular weight is 180 g/mol. The predicted molar refractivity (Wildman–Crippen MR) is 48.7 cm³/mol. The topological polar surface area (TPSA) is 32.9 Å². The smallest absolute Gasteiger partial charge is 0.151 e. The Hall–Kier alpha value is -1.28. The minimum absolute atomic E-state index is 0.497. The van der Waals surface area contributed by atoms with E-state index in [-0.39, 0.29) is 0 Å². The third-order valence-corrected chi connectivity index (χ3v) is 2.12. The summed E-state index contributed by atoms with van der Waals surface area (Å²) in [6.45, 7) is 0. The van der Waals surface area contributed by atoms with Crippen molar-refractivity contribution in [3.05, 3.63) is 35.0 Å². The van der Waals surface area contributed by atoms with Crippen LogP contribution < -0.4 is 0 Å². The lowest BCUT2D eigenvalue weighted by Crippen LogP contribution is -1.81. The van der Waals surface area contributed by atoms with Gasteiger partial charge in [0.2, 0.25) is 0 Å². The molecule has 1 heterocycles. The molecule has 0 saturated carbocycles. The Bertz CT molecular complexity index is 433. The summed E-state index contributed by atoms with van der Waals surface area (Å²) < 4.78 is 0. The zero-order valence-electron chi connectivity index (χ0n) is 6.17. The van der Waals surface area contributed by atoms with Crippen molar-refractivity contribution in [3.63, 3.8) is 0 Å². The molecule has 2 rings (SSSR count). The SMILES string of the molecule is O=Cc1cc2[nH]ccc2cc1Cl. The van der Waals surface area contributed by atoms with Crippen molar-refractivity contribution in [2.24, 2.45) is 0 Å². The highest BCUT2D eigenvalue weighted by Gasteiger charge is 2.01. The van der Waals surface area contributed by atoms with Crippen LogP contribution in [0.4, 0.5) is 0 Å². The normalized spacial score (nSPS) is 10.4. The summed E-state index contributed by atoms with van der Waals surface area (Å²) in [6.07, 6.45) is 2.57. The molecule has 2 nitrogen and oxygen atoms in total. The highest BCUT2D eigenvalue weighted by molar-refractivity contribution is 6.33. The molecule has 0 aliphatic carbocycles. The fourth-order valence-electron chi connectivity index (χ4n) is 1.18. The first-order valence-corrected chi connectivity index (χ1v) is 3.91. The van der Waals surface area contributed by atoms with Crippen LogP contribution in [0.5, 0.6) is 0 Å². The van der Waals surface area contributed by atoms with Crippen molar-refractivity contribution in [1.82, 2.24) is 4.98 Å². The summed E-state index contributed by atoms with van der Waals surface area (Å²) >= 11 is 5.82. The van der Waals surface area contributed by atoms with E-state index in [1.54, 1.807) is 12.1 Å². The molecule has 60 valence electrons. The van der Waals surface area contributed by atoms with Crippen LogP contribution in [0.3, 0.4) is 0 Å².